The average Bonchev–Trinajstić information content (AvgIpc) is 2.41. The Labute approximate surface area is 117 Å². The zero-order chi connectivity index (χ0) is 14.5. The lowest BCUT2D eigenvalue weighted by Crippen LogP contribution is -2.06. The van der Waals surface area contributed by atoms with Crippen molar-refractivity contribution in [2.45, 2.75) is 19.8 Å². The van der Waals surface area contributed by atoms with E-state index in [0.29, 0.717) is 17.7 Å². The fourth-order valence-electron chi connectivity index (χ4n) is 2.22. The number of carbonyl (C=O) groups is 1. The summed E-state index contributed by atoms with van der Waals surface area (Å²) in [7, 11) is 0. The van der Waals surface area contributed by atoms with Crippen molar-refractivity contribution >= 4 is 6.16 Å². The third kappa shape index (κ3) is 2.91. The molecule has 0 saturated heterocycles. The molecule has 0 aliphatic heterocycles. The van der Waals surface area contributed by atoms with E-state index in [2.05, 4.69) is 0 Å². The van der Waals surface area contributed by atoms with Crippen LogP contribution in [0, 0.1) is 0 Å². The molecule has 0 aromatic heterocycles. The molecule has 0 aliphatic carbocycles. The van der Waals surface area contributed by atoms with E-state index in [0.717, 1.165) is 17.5 Å². The minimum atomic E-state index is -1.34. The lowest BCUT2D eigenvalue weighted by Gasteiger charge is -2.14. The Balaban J connectivity index is 2.58. The Kier molecular flexibility index (Phi) is 4.25. The quantitative estimate of drug-likeness (QED) is 0.650. The maximum absolute atomic E-state index is 10.8. The summed E-state index contributed by atoms with van der Waals surface area (Å²) < 4.78 is 4.83. The molecule has 0 saturated carbocycles. The molecule has 2 aromatic carbocycles. The van der Waals surface area contributed by atoms with Crippen molar-refractivity contribution in [2.24, 2.45) is 0 Å². The first kappa shape index (κ1) is 13.9. The predicted molar refractivity (Wildman–Crippen MR) is 76.2 cm³/mol. The third-order valence-corrected chi connectivity index (χ3v) is 3.02. The Hall–Kier alpha value is -2.49. The Morgan fingerprint density at radius 1 is 1.10 bits per heavy atom. The van der Waals surface area contributed by atoms with Gasteiger partial charge in [-0.1, -0.05) is 43.7 Å². The minimum absolute atomic E-state index is 0.164. The Morgan fingerprint density at radius 3 is 2.45 bits per heavy atom. The Morgan fingerprint density at radius 2 is 1.80 bits per heavy atom. The zero-order valence-corrected chi connectivity index (χ0v) is 11.2. The van der Waals surface area contributed by atoms with Crippen LogP contribution >= 0.6 is 0 Å². The van der Waals surface area contributed by atoms with Gasteiger partial charge in [-0.25, -0.2) is 4.79 Å². The highest BCUT2D eigenvalue weighted by molar-refractivity contribution is 5.76. The summed E-state index contributed by atoms with van der Waals surface area (Å²) in [5, 5.41) is 18.8. The van der Waals surface area contributed by atoms with Gasteiger partial charge in [-0.05, 0) is 24.1 Å². The van der Waals surface area contributed by atoms with E-state index < -0.39 is 6.16 Å². The molecule has 0 unspecified atom stereocenters. The normalized spacial score (nSPS) is 10.2. The van der Waals surface area contributed by atoms with Gasteiger partial charge in [0.15, 0.2) is 0 Å². The number of rotatable bonds is 4. The van der Waals surface area contributed by atoms with Gasteiger partial charge in [-0.15, -0.1) is 0 Å². The van der Waals surface area contributed by atoms with Crippen LogP contribution in [0.15, 0.2) is 42.5 Å². The van der Waals surface area contributed by atoms with Crippen LogP contribution in [-0.4, -0.2) is 16.4 Å². The van der Waals surface area contributed by atoms with Crippen LogP contribution in [0.5, 0.6) is 11.5 Å². The monoisotopic (exact) mass is 272 g/mol. The third-order valence-electron chi connectivity index (χ3n) is 3.02. The number of para-hydroxylation sites is 1. The number of hydrogen-bond donors (Lipinski definition) is 2. The first-order valence-corrected chi connectivity index (χ1v) is 6.44. The van der Waals surface area contributed by atoms with E-state index in [1.807, 2.05) is 19.1 Å². The molecule has 0 fully saturated rings. The van der Waals surface area contributed by atoms with Crippen LogP contribution in [0.2, 0.25) is 0 Å². The summed E-state index contributed by atoms with van der Waals surface area (Å²) in [6.45, 7) is 2.01. The fourth-order valence-corrected chi connectivity index (χ4v) is 2.22. The highest BCUT2D eigenvalue weighted by Gasteiger charge is 2.14. The maximum Gasteiger partial charge on any atom is 0.511 e. The van der Waals surface area contributed by atoms with Crippen molar-refractivity contribution in [1.29, 1.82) is 0 Å². The van der Waals surface area contributed by atoms with E-state index in [9.17, 15) is 9.90 Å². The molecule has 0 bridgehead atoms. The lowest BCUT2D eigenvalue weighted by molar-refractivity contribution is 0.144. The molecule has 0 aliphatic rings. The highest BCUT2D eigenvalue weighted by Crippen LogP contribution is 2.36. The summed E-state index contributed by atoms with van der Waals surface area (Å²) in [6, 6.07) is 12.2. The van der Waals surface area contributed by atoms with Gasteiger partial charge in [-0.3, -0.25) is 0 Å². The number of benzene rings is 2. The molecule has 0 spiro atoms. The van der Waals surface area contributed by atoms with Crippen molar-refractivity contribution in [3.63, 3.8) is 0 Å². The molecule has 0 heterocycles. The van der Waals surface area contributed by atoms with E-state index in [1.165, 1.54) is 0 Å². The van der Waals surface area contributed by atoms with Crippen LogP contribution in [-0.2, 0) is 6.42 Å². The molecule has 0 atom stereocenters. The summed E-state index contributed by atoms with van der Waals surface area (Å²) in [5.74, 6) is 0.484. The standard InChI is InChI=1S/C16H16O4/c1-2-6-13-11(12-7-3-4-9-14(12)17)8-5-10-15(13)20-16(18)19/h3-5,7-10,17H,2,6H2,1H3,(H,18,19). The topological polar surface area (TPSA) is 66.8 Å². The van der Waals surface area contributed by atoms with Gasteiger partial charge in [0.2, 0.25) is 0 Å². The molecule has 2 N–H and O–H groups in total. The molecule has 2 rings (SSSR count). The first-order chi connectivity index (χ1) is 9.63. The van der Waals surface area contributed by atoms with Crippen molar-refractivity contribution < 1.29 is 19.7 Å². The molecule has 0 amide bonds. The van der Waals surface area contributed by atoms with E-state index in [-0.39, 0.29) is 5.75 Å². The Bertz CT molecular complexity index is 620. The average molecular weight is 272 g/mol. The molecule has 0 radical (unpaired) electrons. The molecule has 2 aromatic rings. The number of phenolic OH excluding ortho intramolecular Hbond substituents is 1. The number of hydrogen-bond acceptors (Lipinski definition) is 3. The summed E-state index contributed by atoms with van der Waals surface area (Å²) in [5.41, 5.74) is 2.26. The number of ether oxygens (including phenoxy) is 1. The molecule has 20 heavy (non-hydrogen) atoms. The number of aromatic hydroxyl groups is 1. The van der Waals surface area contributed by atoms with Crippen LogP contribution in [0.3, 0.4) is 0 Å². The van der Waals surface area contributed by atoms with Gasteiger partial charge in [-0.2, -0.15) is 0 Å². The van der Waals surface area contributed by atoms with Crippen molar-refractivity contribution in [1.82, 2.24) is 0 Å². The van der Waals surface area contributed by atoms with Crippen LogP contribution in [0.1, 0.15) is 18.9 Å². The second-order valence-electron chi connectivity index (χ2n) is 4.42. The van der Waals surface area contributed by atoms with Crippen LogP contribution in [0.4, 0.5) is 4.79 Å². The van der Waals surface area contributed by atoms with Crippen molar-refractivity contribution in [2.75, 3.05) is 0 Å². The smallest absolute Gasteiger partial charge is 0.507 e. The molecule has 104 valence electrons. The van der Waals surface area contributed by atoms with Crippen LogP contribution < -0.4 is 4.74 Å². The number of phenols is 1. The maximum atomic E-state index is 10.8. The summed E-state index contributed by atoms with van der Waals surface area (Å²) >= 11 is 0. The van der Waals surface area contributed by atoms with E-state index >= 15 is 0 Å². The number of carboxylic acid groups (broad SMARTS) is 1. The zero-order valence-electron chi connectivity index (χ0n) is 11.2. The summed E-state index contributed by atoms with van der Waals surface area (Å²) in [4.78, 5) is 10.8. The second-order valence-corrected chi connectivity index (χ2v) is 4.42. The predicted octanol–water partition coefficient (Wildman–Crippen LogP) is 4.07. The van der Waals surface area contributed by atoms with Crippen LogP contribution in [0.25, 0.3) is 11.1 Å². The van der Waals surface area contributed by atoms with Gasteiger partial charge in [0.1, 0.15) is 11.5 Å². The van der Waals surface area contributed by atoms with Crippen molar-refractivity contribution in [3.05, 3.63) is 48.0 Å². The van der Waals surface area contributed by atoms with Crippen molar-refractivity contribution in [3.8, 4) is 22.6 Å². The van der Waals surface area contributed by atoms with Gasteiger partial charge < -0.3 is 14.9 Å². The molecular formula is C16H16O4. The first-order valence-electron chi connectivity index (χ1n) is 6.44. The van der Waals surface area contributed by atoms with Gasteiger partial charge in [0, 0.05) is 11.1 Å². The second kappa shape index (κ2) is 6.10. The van der Waals surface area contributed by atoms with Gasteiger partial charge >= 0.3 is 6.16 Å². The lowest BCUT2D eigenvalue weighted by atomic mass is 9.95. The van der Waals surface area contributed by atoms with E-state index in [1.54, 1.807) is 30.3 Å². The molecule has 4 nitrogen and oxygen atoms in total. The molecular weight excluding hydrogens is 256 g/mol. The van der Waals surface area contributed by atoms with E-state index in [4.69, 9.17) is 9.84 Å². The highest BCUT2D eigenvalue weighted by atomic mass is 16.7. The largest absolute Gasteiger partial charge is 0.511 e. The van der Waals surface area contributed by atoms with Gasteiger partial charge in [0.05, 0.1) is 0 Å². The fraction of sp³-hybridized carbons (Fsp3) is 0.188. The van der Waals surface area contributed by atoms with Gasteiger partial charge in [0.25, 0.3) is 0 Å². The minimum Gasteiger partial charge on any atom is -0.507 e. The summed E-state index contributed by atoms with van der Waals surface area (Å²) in [6.07, 6.45) is 0.185. The SMILES string of the molecule is CCCc1c(OC(=O)O)cccc1-c1ccccc1O. The molecule has 4 heteroatoms.